The van der Waals surface area contributed by atoms with Gasteiger partial charge in [-0.3, -0.25) is 0 Å². The summed E-state index contributed by atoms with van der Waals surface area (Å²) in [4.78, 5) is 0. The molecule has 0 atom stereocenters. The summed E-state index contributed by atoms with van der Waals surface area (Å²) in [5, 5.41) is -0.330. The van der Waals surface area contributed by atoms with Gasteiger partial charge in [0.1, 0.15) is 5.21 Å². The van der Waals surface area contributed by atoms with Crippen LogP contribution in [0.2, 0.25) is 0 Å². The fourth-order valence-corrected chi connectivity index (χ4v) is 1.66. The van der Waals surface area contributed by atoms with Crippen LogP contribution in [-0.4, -0.2) is 31.5 Å². The molecule has 0 unspecified atom stereocenters. The van der Waals surface area contributed by atoms with Crippen LogP contribution in [0.5, 0.6) is 0 Å². The van der Waals surface area contributed by atoms with Crippen LogP contribution in [0.15, 0.2) is 0 Å². The minimum absolute atomic E-state index is 0.330. The van der Waals surface area contributed by atoms with Gasteiger partial charge >= 0.3 is 0 Å². The van der Waals surface area contributed by atoms with Crippen molar-refractivity contribution in [3.63, 3.8) is 0 Å². The molecule has 0 aliphatic rings. The molecule has 0 saturated heterocycles. The van der Waals surface area contributed by atoms with Crippen LogP contribution in [-0.2, 0) is 10.0 Å². The maximum Gasteiger partial charge on any atom is 0.227 e. The lowest BCUT2D eigenvalue weighted by Gasteiger charge is -2.12. The molecule has 3 nitrogen and oxygen atoms in total. The first-order valence-electron chi connectivity index (χ1n) is 3.04. The molecule has 0 saturated carbocycles. The molecule has 0 aromatic carbocycles. The van der Waals surface area contributed by atoms with Crippen LogP contribution in [0.3, 0.4) is 0 Å². The Bertz CT molecular complexity index is 178. The van der Waals surface area contributed by atoms with Crippen LogP contribution in [0.1, 0.15) is 13.3 Å². The highest BCUT2D eigenvalue weighted by Crippen LogP contribution is 2.00. The number of sulfonamides is 1. The van der Waals surface area contributed by atoms with E-state index in [1.807, 2.05) is 6.92 Å². The lowest BCUT2D eigenvalue weighted by Crippen LogP contribution is -2.28. The minimum atomic E-state index is -3.16. The second-order valence-electron chi connectivity index (χ2n) is 2.04. The molecule has 10 heavy (non-hydrogen) atoms. The Morgan fingerprint density at radius 3 is 2.30 bits per heavy atom. The lowest BCUT2D eigenvalue weighted by atomic mass is 10.5. The van der Waals surface area contributed by atoms with Gasteiger partial charge in [0.2, 0.25) is 10.0 Å². The number of hydrogen-bond acceptors (Lipinski definition) is 2. The van der Waals surface area contributed by atoms with Crippen molar-refractivity contribution < 1.29 is 8.42 Å². The Balaban J connectivity index is 4.06. The topological polar surface area (TPSA) is 37.4 Å². The van der Waals surface area contributed by atoms with E-state index in [4.69, 9.17) is 11.6 Å². The van der Waals surface area contributed by atoms with E-state index in [0.717, 1.165) is 6.42 Å². The summed E-state index contributed by atoms with van der Waals surface area (Å²) in [6, 6.07) is 0. The normalized spacial score (nSPS) is 12.4. The van der Waals surface area contributed by atoms with Crippen molar-refractivity contribution in [1.82, 2.24) is 4.31 Å². The molecule has 0 aromatic heterocycles. The van der Waals surface area contributed by atoms with Gasteiger partial charge in [-0.05, 0) is 6.42 Å². The zero-order valence-electron chi connectivity index (χ0n) is 6.17. The number of hydrogen-bond donors (Lipinski definition) is 0. The number of nitrogens with zero attached hydrogens (tertiary/aromatic N) is 1. The zero-order chi connectivity index (χ0) is 8.20. The van der Waals surface area contributed by atoms with E-state index in [1.54, 1.807) is 0 Å². The van der Waals surface area contributed by atoms with E-state index in [0.29, 0.717) is 6.54 Å². The second-order valence-corrected chi connectivity index (χ2v) is 4.70. The SMILES string of the molecule is CCCN(C)S(=O)(=O)CCl. The molecule has 0 heterocycles. The first-order valence-corrected chi connectivity index (χ1v) is 5.19. The van der Waals surface area contributed by atoms with Crippen molar-refractivity contribution in [2.45, 2.75) is 13.3 Å². The van der Waals surface area contributed by atoms with Gasteiger partial charge in [-0.25, -0.2) is 12.7 Å². The molecule has 0 N–H and O–H groups in total. The Kier molecular flexibility index (Phi) is 4.24. The first-order chi connectivity index (χ1) is 4.54. The van der Waals surface area contributed by atoms with Crippen LogP contribution in [0.25, 0.3) is 0 Å². The Hall–Kier alpha value is 0.200. The van der Waals surface area contributed by atoms with Crippen molar-refractivity contribution >= 4 is 21.6 Å². The molecule has 0 fully saturated rings. The summed E-state index contributed by atoms with van der Waals surface area (Å²) < 4.78 is 23.0. The van der Waals surface area contributed by atoms with Gasteiger partial charge in [0.25, 0.3) is 0 Å². The van der Waals surface area contributed by atoms with E-state index < -0.39 is 10.0 Å². The maximum absolute atomic E-state index is 10.9. The fourth-order valence-electron chi connectivity index (χ4n) is 0.537. The largest absolute Gasteiger partial charge is 0.227 e. The van der Waals surface area contributed by atoms with Gasteiger partial charge in [-0.1, -0.05) is 6.92 Å². The first kappa shape index (κ1) is 10.2. The Labute approximate surface area is 67.0 Å². The van der Waals surface area contributed by atoms with Crippen LogP contribution in [0.4, 0.5) is 0 Å². The van der Waals surface area contributed by atoms with Gasteiger partial charge in [0.05, 0.1) is 0 Å². The molecule has 0 aliphatic carbocycles. The zero-order valence-corrected chi connectivity index (χ0v) is 7.74. The summed E-state index contributed by atoms with van der Waals surface area (Å²) in [6.45, 7) is 2.45. The highest BCUT2D eigenvalue weighted by molar-refractivity contribution is 7.90. The lowest BCUT2D eigenvalue weighted by molar-refractivity contribution is 0.472. The van der Waals surface area contributed by atoms with Gasteiger partial charge in [-0.15, -0.1) is 11.6 Å². The summed E-state index contributed by atoms with van der Waals surface area (Å²) in [6.07, 6.45) is 0.812. The molecule has 5 heteroatoms. The number of alkyl halides is 1. The predicted octanol–water partition coefficient (Wildman–Crippen LogP) is 0.854. The van der Waals surface area contributed by atoms with Gasteiger partial charge in [-0.2, -0.15) is 0 Å². The molecular formula is C5H12ClNO2S. The number of rotatable bonds is 4. The van der Waals surface area contributed by atoms with Gasteiger partial charge < -0.3 is 0 Å². The Morgan fingerprint density at radius 2 is 2.00 bits per heavy atom. The van der Waals surface area contributed by atoms with E-state index in [1.165, 1.54) is 11.4 Å². The quantitative estimate of drug-likeness (QED) is 0.610. The third-order valence-electron chi connectivity index (χ3n) is 1.15. The average Bonchev–Trinajstić information content (AvgIpc) is 1.89. The molecule has 0 bridgehead atoms. The van der Waals surface area contributed by atoms with Crippen LogP contribution >= 0.6 is 11.6 Å². The standard InChI is InChI=1S/C5H12ClNO2S/c1-3-4-7(2)10(8,9)5-6/h3-5H2,1-2H3. The summed E-state index contributed by atoms with van der Waals surface area (Å²) in [5.74, 6) is 0. The van der Waals surface area contributed by atoms with E-state index in [-0.39, 0.29) is 5.21 Å². The van der Waals surface area contributed by atoms with E-state index in [9.17, 15) is 8.42 Å². The summed E-state index contributed by atoms with van der Waals surface area (Å²) in [5.41, 5.74) is 0. The van der Waals surface area contributed by atoms with Gasteiger partial charge in [0, 0.05) is 13.6 Å². The highest BCUT2D eigenvalue weighted by atomic mass is 35.5. The average molecular weight is 186 g/mol. The molecular weight excluding hydrogens is 174 g/mol. The highest BCUT2D eigenvalue weighted by Gasteiger charge is 2.13. The third kappa shape index (κ3) is 2.86. The summed E-state index contributed by atoms with van der Waals surface area (Å²) in [7, 11) is -1.63. The minimum Gasteiger partial charge on any atom is -0.211 e. The maximum atomic E-state index is 10.9. The van der Waals surface area contributed by atoms with Gasteiger partial charge in [0.15, 0.2) is 0 Å². The van der Waals surface area contributed by atoms with E-state index in [2.05, 4.69) is 0 Å². The molecule has 62 valence electrons. The van der Waals surface area contributed by atoms with Crippen molar-refractivity contribution in [3.05, 3.63) is 0 Å². The van der Waals surface area contributed by atoms with Crippen molar-refractivity contribution in [2.75, 3.05) is 18.8 Å². The molecule has 0 rings (SSSR count). The molecule has 0 radical (unpaired) electrons. The molecule has 0 spiro atoms. The third-order valence-corrected chi connectivity index (χ3v) is 3.39. The Morgan fingerprint density at radius 1 is 1.50 bits per heavy atom. The smallest absolute Gasteiger partial charge is 0.211 e. The number of halogens is 1. The molecule has 0 aromatic rings. The predicted molar refractivity (Wildman–Crippen MR) is 42.6 cm³/mol. The second kappa shape index (κ2) is 4.16. The van der Waals surface area contributed by atoms with Crippen LogP contribution in [0, 0.1) is 0 Å². The summed E-state index contributed by atoms with van der Waals surface area (Å²) >= 11 is 5.19. The van der Waals surface area contributed by atoms with Crippen molar-refractivity contribution in [2.24, 2.45) is 0 Å². The van der Waals surface area contributed by atoms with Crippen molar-refractivity contribution in [1.29, 1.82) is 0 Å². The van der Waals surface area contributed by atoms with E-state index >= 15 is 0 Å². The van der Waals surface area contributed by atoms with Crippen LogP contribution < -0.4 is 0 Å². The monoisotopic (exact) mass is 185 g/mol. The molecule has 0 amide bonds. The molecule has 0 aliphatic heterocycles. The fraction of sp³-hybridized carbons (Fsp3) is 1.00. The van der Waals surface area contributed by atoms with Crippen molar-refractivity contribution in [3.8, 4) is 0 Å².